The minimum absolute atomic E-state index is 0.0422. The van der Waals surface area contributed by atoms with Crippen molar-refractivity contribution in [3.63, 3.8) is 0 Å². The minimum Gasteiger partial charge on any atom is -0.477 e. The number of imidazole rings is 1. The number of aromatic carboxylic acids is 1. The lowest BCUT2D eigenvalue weighted by Gasteiger charge is -2.39. The summed E-state index contributed by atoms with van der Waals surface area (Å²) in [6.45, 7) is 4.75. The molecule has 0 radical (unpaired) electrons. The smallest absolute Gasteiger partial charge is 0.354 e. The molecule has 2 atom stereocenters. The predicted molar refractivity (Wildman–Crippen MR) is 143 cm³/mol. The Bertz CT molecular complexity index is 1460. The number of halogens is 1. The first kappa shape index (κ1) is 26.1. The zero-order valence-corrected chi connectivity index (χ0v) is 22.4. The topological polar surface area (TPSA) is 140 Å². The van der Waals surface area contributed by atoms with E-state index in [1.807, 2.05) is 26.0 Å². The molecule has 1 amide bonds. The lowest BCUT2D eigenvalue weighted by Crippen LogP contribution is -2.52. The number of nitrogens with zero attached hydrogens (tertiary/aromatic N) is 5. The van der Waals surface area contributed by atoms with Crippen LogP contribution in [0.25, 0.3) is 22.2 Å². The normalized spacial score (nSPS) is 18.2. The molecular weight excluding hydrogens is 528 g/mol. The molecule has 1 aliphatic heterocycles. The number of carboxylic acids is 1. The molecule has 10 nitrogen and oxygen atoms in total. The van der Waals surface area contributed by atoms with Crippen molar-refractivity contribution in [2.24, 2.45) is 5.73 Å². The molecule has 198 valence electrons. The maximum Gasteiger partial charge on any atom is 0.354 e. The van der Waals surface area contributed by atoms with Crippen LogP contribution in [0.5, 0.6) is 0 Å². The molecule has 5 heterocycles. The van der Waals surface area contributed by atoms with Gasteiger partial charge in [0.1, 0.15) is 11.4 Å². The van der Waals surface area contributed by atoms with Crippen LogP contribution in [-0.2, 0) is 11.3 Å². The van der Waals surface area contributed by atoms with Crippen LogP contribution in [-0.4, -0.2) is 60.2 Å². The molecule has 38 heavy (non-hydrogen) atoms. The van der Waals surface area contributed by atoms with Crippen molar-refractivity contribution in [3.8, 4) is 22.2 Å². The van der Waals surface area contributed by atoms with Gasteiger partial charge in [-0.15, -0.1) is 11.3 Å². The van der Waals surface area contributed by atoms with E-state index < -0.39 is 17.9 Å². The van der Waals surface area contributed by atoms with Crippen LogP contribution in [0.3, 0.4) is 0 Å². The first-order chi connectivity index (χ1) is 18.2. The Balaban J connectivity index is 1.57. The Kier molecular flexibility index (Phi) is 7.33. The van der Waals surface area contributed by atoms with Crippen molar-refractivity contribution in [3.05, 3.63) is 64.0 Å². The molecule has 2 unspecified atom stereocenters. The van der Waals surface area contributed by atoms with E-state index in [0.717, 1.165) is 4.88 Å². The first-order valence-corrected chi connectivity index (χ1v) is 13.4. The van der Waals surface area contributed by atoms with E-state index >= 15 is 0 Å². The lowest BCUT2D eigenvalue weighted by molar-refractivity contribution is -0.125. The van der Waals surface area contributed by atoms with Crippen LogP contribution in [0.2, 0.25) is 4.34 Å². The van der Waals surface area contributed by atoms with Crippen molar-refractivity contribution in [1.82, 2.24) is 24.6 Å². The van der Waals surface area contributed by atoms with Gasteiger partial charge in [-0.2, -0.15) is 0 Å². The van der Waals surface area contributed by atoms with Gasteiger partial charge in [-0.1, -0.05) is 22.8 Å². The third-order valence-electron chi connectivity index (χ3n) is 6.81. The number of nitrogens with two attached hydrogens (primary N) is 1. The van der Waals surface area contributed by atoms with Crippen LogP contribution in [0.4, 0.5) is 0 Å². The molecule has 0 bridgehead atoms. The van der Waals surface area contributed by atoms with Crippen LogP contribution in [0.15, 0.2) is 47.1 Å². The number of aromatic nitrogens is 4. The number of likely N-dealkylation sites (tertiary alicyclic amines) is 1. The van der Waals surface area contributed by atoms with E-state index in [0.29, 0.717) is 52.4 Å². The monoisotopic (exact) mass is 554 g/mol. The van der Waals surface area contributed by atoms with E-state index in [1.54, 1.807) is 35.0 Å². The quantitative estimate of drug-likeness (QED) is 0.324. The fraction of sp³-hybridized carbons (Fsp3) is 0.346. The number of thiophene rings is 1. The zero-order valence-electron chi connectivity index (χ0n) is 20.9. The summed E-state index contributed by atoms with van der Waals surface area (Å²) < 4.78 is 7.76. The number of hydrogen-bond donors (Lipinski definition) is 2. The van der Waals surface area contributed by atoms with Crippen LogP contribution in [0.1, 0.15) is 54.5 Å². The number of carbonyl (C=O) groups excluding carboxylic acids is 1. The zero-order chi connectivity index (χ0) is 27.0. The third kappa shape index (κ3) is 5.09. The molecule has 4 aromatic rings. The van der Waals surface area contributed by atoms with Gasteiger partial charge in [0.2, 0.25) is 5.91 Å². The van der Waals surface area contributed by atoms with Crippen LogP contribution < -0.4 is 5.73 Å². The fourth-order valence-corrected chi connectivity index (χ4v) is 6.06. The van der Waals surface area contributed by atoms with Gasteiger partial charge in [0.15, 0.2) is 17.3 Å². The molecule has 0 saturated carbocycles. The van der Waals surface area contributed by atoms with E-state index in [2.05, 4.69) is 15.0 Å². The van der Waals surface area contributed by atoms with Gasteiger partial charge in [-0.3, -0.25) is 14.7 Å². The Morgan fingerprint density at radius 1 is 1.29 bits per heavy atom. The van der Waals surface area contributed by atoms with Crippen molar-refractivity contribution in [2.45, 2.75) is 51.2 Å². The van der Waals surface area contributed by atoms with Gasteiger partial charge in [0.05, 0.1) is 27.5 Å². The van der Waals surface area contributed by atoms with Crippen molar-refractivity contribution in [2.75, 3.05) is 6.54 Å². The number of piperidine rings is 1. The highest BCUT2D eigenvalue weighted by molar-refractivity contribution is 7.19. The van der Waals surface area contributed by atoms with Gasteiger partial charge in [-0.25, -0.2) is 9.78 Å². The third-order valence-corrected chi connectivity index (χ3v) is 8.05. The molecule has 1 aliphatic rings. The Morgan fingerprint density at radius 3 is 2.74 bits per heavy atom. The predicted octanol–water partition coefficient (Wildman–Crippen LogP) is 4.50. The molecule has 1 saturated heterocycles. The van der Waals surface area contributed by atoms with Gasteiger partial charge >= 0.3 is 5.97 Å². The molecule has 12 heteroatoms. The average Bonchev–Trinajstić information content (AvgIpc) is 3.63. The van der Waals surface area contributed by atoms with E-state index in [-0.39, 0.29) is 24.2 Å². The Labute approximate surface area is 228 Å². The Morgan fingerprint density at radius 2 is 2.11 bits per heavy atom. The maximum absolute atomic E-state index is 12.7. The van der Waals surface area contributed by atoms with E-state index in [4.69, 9.17) is 26.8 Å². The number of primary amides is 1. The molecule has 0 aliphatic carbocycles. The highest BCUT2D eigenvalue weighted by Gasteiger charge is 2.38. The number of amides is 1. The summed E-state index contributed by atoms with van der Waals surface area (Å²) in [6, 6.07) is 10.4. The number of carboxylic acid groups (broad SMARTS) is 1. The summed E-state index contributed by atoms with van der Waals surface area (Å²) >= 11 is 7.43. The van der Waals surface area contributed by atoms with Crippen molar-refractivity contribution in [1.29, 1.82) is 0 Å². The van der Waals surface area contributed by atoms with E-state index in [9.17, 15) is 14.7 Å². The number of pyridine rings is 1. The highest BCUT2D eigenvalue weighted by Crippen LogP contribution is 2.37. The summed E-state index contributed by atoms with van der Waals surface area (Å²) in [5.74, 6) is -0.861. The number of rotatable bonds is 8. The second-order valence-corrected chi connectivity index (χ2v) is 11.2. The summed E-state index contributed by atoms with van der Waals surface area (Å²) in [7, 11) is 0. The fourth-order valence-electron chi connectivity index (χ4n) is 5.07. The molecule has 4 aromatic heterocycles. The molecule has 1 fully saturated rings. The second kappa shape index (κ2) is 10.7. The van der Waals surface area contributed by atoms with Gasteiger partial charge in [0.25, 0.3) is 0 Å². The first-order valence-electron chi connectivity index (χ1n) is 12.2. The SMILES string of the molecule is CC(C)N1CCC(c2nc(-c3ccccn3)n(Cc3cc(-c4ccc(Cl)s4)on3)c2C(=O)O)CC1C(N)=O. The average molecular weight is 555 g/mol. The molecular formula is C26H27ClN6O4S. The maximum atomic E-state index is 12.7. The van der Waals surface area contributed by atoms with Gasteiger partial charge in [0, 0.05) is 24.2 Å². The molecule has 0 aromatic carbocycles. The summed E-state index contributed by atoms with van der Waals surface area (Å²) in [4.78, 5) is 37.2. The van der Waals surface area contributed by atoms with Gasteiger partial charge in [-0.05, 0) is 57.5 Å². The summed E-state index contributed by atoms with van der Waals surface area (Å²) in [5, 5.41) is 14.6. The van der Waals surface area contributed by atoms with E-state index in [1.165, 1.54) is 11.3 Å². The van der Waals surface area contributed by atoms with Crippen LogP contribution >= 0.6 is 22.9 Å². The molecule has 3 N–H and O–H groups in total. The summed E-state index contributed by atoms with van der Waals surface area (Å²) in [6.07, 6.45) is 2.67. The number of carbonyl (C=O) groups is 2. The van der Waals surface area contributed by atoms with Crippen LogP contribution in [0, 0.1) is 0 Å². The summed E-state index contributed by atoms with van der Waals surface area (Å²) in [5.41, 5.74) is 7.27. The second-order valence-electron chi connectivity index (χ2n) is 9.53. The van der Waals surface area contributed by atoms with Crippen molar-refractivity contribution >= 4 is 34.8 Å². The standard InChI is InChI=1S/C26H27ClN6O4S/c1-14(2)32-10-8-15(11-18(32)24(28)34)22-23(26(35)36)33(25(30-22)17-5-3-4-9-29-17)13-16-12-19(37-31-16)20-6-7-21(27)38-20/h3-7,9,12,14-15,18H,8,10-11,13H2,1-2H3,(H2,28,34)(H,35,36). The highest BCUT2D eigenvalue weighted by atomic mass is 35.5. The molecule has 5 rings (SSSR count). The van der Waals surface area contributed by atoms with Gasteiger partial charge < -0.3 is 19.9 Å². The molecule has 0 spiro atoms. The van der Waals surface area contributed by atoms with Crippen molar-refractivity contribution < 1.29 is 19.2 Å². The lowest BCUT2D eigenvalue weighted by atomic mass is 9.86. The number of hydrogen-bond acceptors (Lipinski definition) is 8. The minimum atomic E-state index is -1.12. The Hall–Kier alpha value is -3.54. The largest absolute Gasteiger partial charge is 0.477 e.